The molecule has 34 heavy (non-hydrogen) atoms. The number of hydrogen-bond acceptors (Lipinski definition) is 8. The second-order valence-electron chi connectivity index (χ2n) is 9.42. The van der Waals surface area contributed by atoms with E-state index in [1.807, 2.05) is 0 Å². The lowest BCUT2D eigenvalue weighted by molar-refractivity contribution is -0.0120. The van der Waals surface area contributed by atoms with Gasteiger partial charge in [-0.05, 0) is 63.6 Å². The Labute approximate surface area is 200 Å². The van der Waals surface area contributed by atoms with Gasteiger partial charge in [-0.3, -0.25) is 4.79 Å². The van der Waals surface area contributed by atoms with E-state index in [1.165, 1.54) is 12.1 Å². The van der Waals surface area contributed by atoms with Crippen LogP contribution in [0.1, 0.15) is 56.8 Å². The van der Waals surface area contributed by atoms with Crippen LogP contribution in [0.4, 0.5) is 5.82 Å². The molecule has 2 atom stereocenters. The first-order valence-corrected chi connectivity index (χ1v) is 13.2. The van der Waals surface area contributed by atoms with Gasteiger partial charge in [-0.1, -0.05) is 13.0 Å². The minimum Gasteiger partial charge on any atom is -0.475 e. The van der Waals surface area contributed by atoms with Crippen LogP contribution in [0.15, 0.2) is 41.6 Å². The third-order valence-corrected chi connectivity index (χ3v) is 8.10. The number of carbonyl (C=O) groups excluding carboxylic acids is 1. The average molecular weight is 489 g/mol. The summed E-state index contributed by atoms with van der Waals surface area (Å²) in [5.41, 5.74) is -0.00698. The molecule has 0 spiro atoms. The molecule has 2 fully saturated rings. The van der Waals surface area contributed by atoms with Crippen molar-refractivity contribution in [1.29, 1.82) is 0 Å². The standard InChI is InChI=1S/C24H32N4O5S/c1-17-12-14-28(24(17,2)3)22-19(9-7-13-25-22)23(29)27-34(30,31)21-11-6-10-20(26-21)33-16-18-8-4-5-15-32-18/h6-7,9-11,13,17-18H,4-5,8,12,14-16H2,1-3H3,(H,27,29). The molecule has 2 aromatic rings. The Morgan fingerprint density at radius 1 is 1.24 bits per heavy atom. The maximum absolute atomic E-state index is 13.1. The number of nitrogens with one attached hydrogen (secondary N) is 1. The van der Waals surface area contributed by atoms with E-state index in [0.29, 0.717) is 24.9 Å². The van der Waals surface area contributed by atoms with Crippen LogP contribution >= 0.6 is 0 Å². The van der Waals surface area contributed by atoms with Gasteiger partial charge in [0.1, 0.15) is 12.4 Å². The van der Waals surface area contributed by atoms with E-state index in [0.717, 1.165) is 32.2 Å². The molecule has 1 N–H and O–H groups in total. The lowest BCUT2D eigenvalue weighted by Crippen LogP contribution is -2.43. The van der Waals surface area contributed by atoms with Crippen molar-refractivity contribution in [2.45, 2.75) is 63.1 Å². The summed E-state index contributed by atoms with van der Waals surface area (Å²) in [6.07, 6.45) is 5.55. The Bertz CT molecular complexity index is 1130. The molecule has 0 radical (unpaired) electrons. The van der Waals surface area contributed by atoms with Crippen LogP contribution in [-0.2, 0) is 14.8 Å². The van der Waals surface area contributed by atoms with E-state index < -0.39 is 15.9 Å². The Morgan fingerprint density at radius 3 is 2.76 bits per heavy atom. The molecular weight excluding hydrogens is 456 g/mol. The topological polar surface area (TPSA) is 111 Å². The molecule has 2 aliphatic heterocycles. The monoisotopic (exact) mass is 488 g/mol. The van der Waals surface area contributed by atoms with Gasteiger partial charge in [0.15, 0.2) is 5.03 Å². The largest absolute Gasteiger partial charge is 0.475 e. The SMILES string of the molecule is CC1CCN(c2ncccc2C(=O)NS(=O)(=O)c2cccc(OCC3CCCCO3)n2)C1(C)C. The summed E-state index contributed by atoms with van der Waals surface area (Å²) < 4.78 is 39.4. The molecule has 2 unspecified atom stereocenters. The van der Waals surface area contributed by atoms with Crippen LogP contribution in [0.3, 0.4) is 0 Å². The predicted octanol–water partition coefficient (Wildman–Crippen LogP) is 3.17. The molecular formula is C24H32N4O5S. The minimum atomic E-state index is -4.22. The number of carbonyl (C=O) groups is 1. The first-order valence-electron chi connectivity index (χ1n) is 11.7. The number of rotatable bonds is 7. The second kappa shape index (κ2) is 9.87. The summed E-state index contributed by atoms with van der Waals surface area (Å²) in [6.45, 7) is 8.10. The van der Waals surface area contributed by atoms with E-state index in [1.54, 1.807) is 24.4 Å². The number of hydrogen-bond donors (Lipinski definition) is 1. The molecule has 9 nitrogen and oxygen atoms in total. The summed E-state index contributed by atoms with van der Waals surface area (Å²) >= 11 is 0. The Balaban J connectivity index is 1.49. The zero-order chi connectivity index (χ0) is 24.3. The highest BCUT2D eigenvalue weighted by Crippen LogP contribution is 2.38. The lowest BCUT2D eigenvalue weighted by Gasteiger charge is -2.36. The van der Waals surface area contributed by atoms with Gasteiger partial charge in [0, 0.05) is 31.0 Å². The van der Waals surface area contributed by atoms with Crippen molar-refractivity contribution in [2.75, 3.05) is 24.7 Å². The van der Waals surface area contributed by atoms with E-state index in [4.69, 9.17) is 9.47 Å². The molecule has 0 aliphatic carbocycles. The number of amides is 1. The van der Waals surface area contributed by atoms with E-state index in [2.05, 4.69) is 40.4 Å². The van der Waals surface area contributed by atoms with Crippen LogP contribution in [0, 0.1) is 5.92 Å². The summed E-state index contributed by atoms with van der Waals surface area (Å²) in [6, 6.07) is 7.65. The van der Waals surface area contributed by atoms with Crippen molar-refractivity contribution >= 4 is 21.7 Å². The highest BCUT2D eigenvalue weighted by molar-refractivity contribution is 7.90. The molecule has 0 aromatic carbocycles. The highest BCUT2D eigenvalue weighted by atomic mass is 32.2. The van der Waals surface area contributed by atoms with E-state index >= 15 is 0 Å². The lowest BCUT2D eigenvalue weighted by atomic mass is 9.90. The number of ether oxygens (including phenoxy) is 2. The maximum atomic E-state index is 13.1. The van der Waals surface area contributed by atoms with Crippen molar-refractivity contribution in [1.82, 2.24) is 14.7 Å². The fourth-order valence-corrected chi connectivity index (χ4v) is 5.30. The van der Waals surface area contributed by atoms with Crippen molar-refractivity contribution < 1.29 is 22.7 Å². The van der Waals surface area contributed by atoms with Crippen molar-refractivity contribution in [3.8, 4) is 5.88 Å². The molecule has 0 saturated carbocycles. The summed E-state index contributed by atoms with van der Waals surface area (Å²) in [4.78, 5) is 23.7. The van der Waals surface area contributed by atoms with Gasteiger partial charge in [0.2, 0.25) is 5.88 Å². The fourth-order valence-electron chi connectivity index (χ4n) is 4.37. The minimum absolute atomic E-state index is 0.0305. The number of sulfonamides is 1. The molecule has 1 amide bonds. The zero-order valence-electron chi connectivity index (χ0n) is 19.9. The number of nitrogens with zero attached hydrogens (tertiary/aromatic N) is 3. The van der Waals surface area contributed by atoms with Crippen molar-refractivity contribution in [3.05, 3.63) is 42.1 Å². The summed E-state index contributed by atoms with van der Waals surface area (Å²) in [5, 5.41) is -0.288. The Morgan fingerprint density at radius 2 is 2.06 bits per heavy atom. The quantitative estimate of drug-likeness (QED) is 0.633. The predicted molar refractivity (Wildman–Crippen MR) is 127 cm³/mol. The Kier molecular flexibility index (Phi) is 7.09. The fraction of sp³-hybridized carbons (Fsp3) is 0.542. The van der Waals surface area contributed by atoms with Crippen molar-refractivity contribution in [3.63, 3.8) is 0 Å². The van der Waals surface area contributed by atoms with Gasteiger partial charge in [0.05, 0.1) is 11.7 Å². The van der Waals surface area contributed by atoms with Gasteiger partial charge in [0.25, 0.3) is 15.9 Å². The molecule has 4 rings (SSSR count). The summed E-state index contributed by atoms with van der Waals surface area (Å²) in [7, 11) is -4.22. The Hall–Kier alpha value is -2.72. The second-order valence-corrected chi connectivity index (χ2v) is 11.0. The number of anilines is 1. The van der Waals surface area contributed by atoms with Crippen LogP contribution in [0.2, 0.25) is 0 Å². The van der Waals surface area contributed by atoms with Gasteiger partial charge in [-0.2, -0.15) is 13.4 Å². The summed E-state index contributed by atoms with van der Waals surface area (Å²) in [5.74, 6) is 0.295. The molecule has 2 saturated heterocycles. The molecule has 4 heterocycles. The average Bonchev–Trinajstić information content (AvgIpc) is 3.10. The molecule has 10 heteroatoms. The first kappa shape index (κ1) is 24.4. The number of aromatic nitrogens is 2. The molecule has 2 aromatic heterocycles. The highest BCUT2D eigenvalue weighted by Gasteiger charge is 2.40. The molecule has 2 aliphatic rings. The van der Waals surface area contributed by atoms with Gasteiger partial charge in [-0.25, -0.2) is 9.71 Å². The van der Waals surface area contributed by atoms with Crippen LogP contribution in [0.25, 0.3) is 0 Å². The normalized spacial score (nSPS) is 22.4. The van der Waals surface area contributed by atoms with E-state index in [-0.39, 0.29) is 28.1 Å². The third kappa shape index (κ3) is 5.17. The maximum Gasteiger partial charge on any atom is 0.281 e. The molecule has 184 valence electrons. The van der Waals surface area contributed by atoms with Gasteiger partial charge < -0.3 is 14.4 Å². The van der Waals surface area contributed by atoms with Crippen LogP contribution in [-0.4, -0.2) is 55.7 Å². The zero-order valence-corrected chi connectivity index (χ0v) is 20.7. The van der Waals surface area contributed by atoms with E-state index in [9.17, 15) is 13.2 Å². The smallest absolute Gasteiger partial charge is 0.281 e. The van der Waals surface area contributed by atoms with Crippen molar-refractivity contribution in [2.24, 2.45) is 5.92 Å². The van der Waals surface area contributed by atoms with Gasteiger partial charge >= 0.3 is 0 Å². The number of pyridine rings is 2. The van der Waals surface area contributed by atoms with Crippen LogP contribution < -0.4 is 14.4 Å². The van der Waals surface area contributed by atoms with Crippen LogP contribution in [0.5, 0.6) is 5.88 Å². The molecule has 0 bridgehead atoms. The first-order chi connectivity index (χ1) is 16.2. The third-order valence-electron chi connectivity index (χ3n) is 6.87. The van der Waals surface area contributed by atoms with Gasteiger partial charge in [-0.15, -0.1) is 0 Å².